The molecule has 0 atom stereocenters. The molecule has 3 heteroatoms. The summed E-state index contributed by atoms with van der Waals surface area (Å²) in [5.74, 6) is 0.00176. The Labute approximate surface area is 61.4 Å². The van der Waals surface area contributed by atoms with Gasteiger partial charge in [0.1, 0.15) is 0 Å². The number of nitrogens with zero attached hydrogens (tertiary/aromatic N) is 1. The van der Waals surface area contributed by atoms with E-state index in [1.165, 1.54) is 12.8 Å². The van der Waals surface area contributed by atoms with Crippen LogP contribution in [0.25, 0.3) is 0 Å². The zero-order valence-electron chi connectivity index (χ0n) is 6.26. The first-order valence-corrected chi connectivity index (χ1v) is 3.68. The average molecular weight is 141 g/mol. The summed E-state index contributed by atoms with van der Waals surface area (Å²) in [6.45, 7) is 3.74. The maximum absolute atomic E-state index is 10.8. The third-order valence-corrected chi connectivity index (χ3v) is 1.64. The van der Waals surface area contributed by atoms with Gasteiger partial charge in [-0.1, -0.05) is 6.92 Å². The van der Waals surface area contributed by atoms with Gasteiger partial charge in [0.15, 0.2) is 0 Å². The lowest BCUT2D eigenvalue weighted by Crippen LogP contribution is -2.39. The molecular formula is C7H13N2O. The van der Waals surface area contributed by atoms with Crippen molar-refractivity contribution in [3.05, 3.63) is 6.42 Å². The largest absolute Gasteiger partial charge is 0.289 e. The van der Waals surface area contributed by atoms with Gasteiger partial charge in [-0.15, -0.1) is 0 Å². The maximum atomic E-state index is 10.8. The summed E-state index contributed by atoms with van der Waals surface area (Å²) in [6.07, 6.45) is 3.94. The predicted octanol–water partition coefficient (Wildman–Crippen LogP) is 0.338. The molecule has 1 radical (unpaired) electrons. The van der Waals surface area contributed by atoms with Gasteiger partial charge in [0, 0.05) is 19.5 Å². The van der Waals surface area contributed by atoms with Gasteiger partial charge in [0.25, 0.3) is 0 Å². The van der Waals surface area contributed by atoms with Crippen LogP contribution in [0.5, 0.6) is 0 Å². The van der Waals surface area contributed by atoms with Crippen molar-refractivity contribution in [2.24, 2.45) is 0 Å². The van der Waals surface area contributed by atoms with E-state index in [-0.39, 0.29) is 5.91 Å². The van der Waals surface area contributed by atoms with Crippen molar-refractivity contribution < 1.29 is 4.79 Å². The Kier molecular flexibility index (Phi) is 2.68. The van der Waals surface area contributed by atoms with Crippen LogP contribution in [-0.2, 0) is 4.79 Å². The Morgan fingerprint density at radius 2 is 2.10 bits per heavy atom. The Morgan fingerprint density at radius 1 is 1.50 bits per heavy atom. The van der Waals surface area contributed by atoms with Gasteiger partial charge >= 0.3 is 0 Å². The molecule has 0 unspecified atom stereocenters. The van der Waals surface area contributed by atoms with Gasteiger partial charge in [-0.2, -0.15) is 0 Å². The van der Waals surface area contributed by atoms with Gasteiger partial charge in [0.05, 0.1) is 0 Å². The summed E-state index contributed by atoms with van der Waals surface area (Å²) in [5, 5.41) is 1.96. The van der Waals surface area contributed by atoms with Gasteiger partial charge < -0.3 is 0 Å². The summed E-state index contributed by atoms with van der Waals surface area (Å²) in [7, 11) is 0. The minimum Gasteiger partial charge on any atom is -0.289 e. The molecule has 1 aliphatic heterocycles. The second-order valence-corrected chi connectivity index (χ2v) is 2.46. The molecule has 10 heavy (non-hydrogen) atoms. The van der Waals surface area contributed by atoms with E-state index in [0.717, 1.165) is 13.1 Å². The number of rotatable bonds is 2. The molecule has 1 heterocycles. The molecule has 1 saturated heterocycles. The van der Waals surface area contributed by atoms with E-state index in [1.54, 1.807) is 13.3 Å². The van der Waals surface area contributed by atoms with Gasteiger partial charge in [-0.05, 0) is 12.8 Å². The molecule has 1 N–H and O–H groups in total. The highest BCUT2D eigenvalue weighted by molar-refractivity contribution is 5.83. The second kappa shape index (κ2) is 3.56. The molecule has 57 valence electrons. The SMILES string of the molecule is C[CH]C(=O)NN1CCCC1. The molecule has 0 aromatic rings. The molecule has 1 rings (SSSR count). The van der Waals surface area contributed by atoms with Crippen LogP contribution < -0.4 is 5.43 Å². The van der Waals surface area contributed by atoms with Crippen LogP contribution in [-0.4, -0.2) is 24.0 Å². The Hall–Kier alpha value is -0.570. The van der Waals surface area contributed by atoms with Crippen LogP contribution in [0.4, 0.5) is 0 Å². The lowest BCUT2D eigenvalue weighted by Gasteiger charge is -2.14. The number of amides is 1. The predicted molar refractivity (Wildman–Crippen MR) is 38.9 cm³/mol. The minimum atomic E-state index is 0.00176. The van der Waals surface area contributed by atoms with Crippen LogP contribution in [0.2, 0.25) is 0 Å². The first-order chi connectivity index (χ1) is 4.83. The summed E-state index contributed by atoms with van der Waals surface area (Å²) in [4.78, 5) is 10.8. The van der Waals surface area contributed by atoms with Crippen LogP contribution in [0.1, 0.15) is 19.8 Å². The molecule has 0 aromatic heterocycles. The smallest absolute Gasteiger partial charge is 0.237 e. The van der Waals surface area contributed by atoms with Gasteiger partial charge in [0.2, 0.25) is 5.91 Å². The molecule has 0 bridgehead atoms. The van der Waals surface area contributed by atoms with Crippen molar-refractivity contribution in [2.45, 2.75) is 19.8 Å². The van der Waals surface area contributed by atoms with E-state index in [2.05, 4.69) is 5.43 Å². The number of nitrogens with one attached hydrogen (secondary N) is 1. The van der Waals surface area contributed by atoms with E-state index < -0.39 is 0 Å². The van der Waals surface area contributed by atoms with E-state index in [0.29, 0.717) is 0 Å². The molecule has 1 fully saturated rings. The molecule has 0 aliphatic carbocycles. The molecule has 0 spiro atoms. The second-order valence-electron chi connectivity index (χ2n) is 2.46. The highest BCUT2D eigenvalue weighted by atomic mass is 16.2. The lowest BCUT2D eigenvalue weighted by molar-refractivity contribution is -0.122. The Morgan fingerprint density at radius 3 is 2.60 bits per heavy atom. The zero-order chi connectivity index (χ0) is 7.40. The fourth-order valence-corrected chi connectivity index (χ4v) is 1.05. The minimum absolute atomic E-state index is 0.00176. The third kappa shape index (κ3) is 1.99. The Balaban J connectivity index is 2.17. The number of carbonyl (C=O) groups excluding carboxylic acids is 1. The first kappa shape index (κ1) is 7.54. The van der Waals surface area contributed by atoms with Gasteiger partial charge in [-0.25, -0.2) is 5.01 Å². The van der Waals surface area contributed by atoms with Crippen LogP contribution in [0.3, 0.4) is 0 Å². The van der Waals surface area contributed by atoms with Crippen molar-refractivity contribution >= 4 is 5.91 Å². The number of carbonyl (C=O) groups is 1. The van der Waals surface area contributed by atoms with Crippen molar-refractivity contribution in [2.75, 3.05) is 13.1 Å². The number of hydrogen-bond acceptors (Lipinski definition) is 2. The number of hydrogen-bond donors (Lipinski definition) is 1. The van der Waals surface area contributed by atoms with Crippen molar-refractivity contribution in [1.29, 1.82) is 0 Å². The van der Waals surface area contributed by atoms with Gasteiger partial charge in [-0.3, -0.25) is 10.2 Å². The lowest BCUT2D eigenvalue weighted by atomic mass is 10.4. The average Bonchev–Trinajstić information content (AvgIpc) is 2.40. The summed E-state index contributed by atoms with van der Waals surface area (Å²) >= 11 is 0. The summed E-state index contributed by atoms with van der Waals surface area (Å²) in [6, 6.07) is 0. The van der Waals surface area contributed by atoms with Crippen LogP contribution >= 0.6 is 0 Å². The summed E-state index contributed by atoms with van der Waals surface area (Å²) < 4.78 is 0. The molecule has 0 aromatic carbocycles. The normalized spacial score (nSPS) is 19.3. The van der Waals surface area contributed by atoms with E-state index >= 15 is 0 Å². The molecule has 1 amide bonds. The number of hydrazine groups is 1. The van der Waals surface area contributed by atoms with E-state index in [9.17, 15) is 4.79 Å². The highest BCUT2D eigenvalue weighted by Crippen LogP contribution is 2.03. The molecule has 1 aliphatic rings. The summed E-state index contributed by atoms with van der Waals surface area (Å²) in [5.41, 5.74) is 2.77. The maximum Gasteiger partial charge on any atom is 0.237 e. The molecule has 0 saturated carbocycles. The third-order valence-electron chi connectivity index (χ3n) is 1.64. The van der Waals surface area contributed by atoms with Crippen molar-refractivity contribution in [3.63, 3.8) is 0 Å². The van der Waals surface area contributed by atoms with E-state index in [4.69, 9.17) is 0 Å². The van der Waals surface area contributed by atoms with Crippen molar-refractivity contribution in [3.8, 4) is 0 Å². The quantitative estimate of drug-likeness (QED) is 0.601. The zero-order valence-corrected chi connectivity index (χ0v) is 6.26. The van der Waals surface area contributed by atoms with Crippen LogP contribution in [0.15, 0.2) is 0 Å². The fraction of sp³-hybridized carbons (Fsp3) is 0.714. The molecular weight excluding hydrogens is 128 g/mol. The Bertz CT molecular complexity index is 119. The molecule has 3 nitrogen and oxygen atoms in total. The van der Waals surface area contributed by atoms with Crippen molar-refractivity contribution in [1.82, 2.24) is 10.4 Å². The standard InChI is InChI=1S/C7H13N2O/c1-2-7(10)8-9-5-3-4-6-9/h2H,3-6H2,1H3,(H,8,10). The highest BCUT2D eigenvalue weighted by Gasteiger charge is 2.12. The fourth-order valence-electron chi connectivity index (χ4n) is 1.05. The van der Waals surface area contributed by atoms with E-state index in [1.807, 2.05) is 5.01 Å². The van der Waals surface area contributed by atoms with Crippen LogP contribution in [0, 0.1) is 6.42 Å². The topological polar surface area (TPSA) is 32.3 Å². The first-order valence-electron chi connectivity index (χ1n) is 3.68. The monoisotopic (exact) mass is 141 g/mol.